The Labute approximate surface area is 95.2 Å². The molecule has 0 aromatic carbocycles. The van der Waals surface area contributed by atoms with Gasteiger partial charge in [-0.15, -0.1) is 0 Å². The van der Waals surface area contributed by atoms with Crippen molar-refractivity contribution in [1.82, 2.24) is 15.1 Å². The van der Waals surface area contributed by atoms with Gasteiger partial charge in [-0.25, -0.2) is 0 Å². The number of carbonyl (C=O) groups is 1. The van der Waals surface area contributed by atoms with E-state index in [0.29, 0.717) is 12.5 Å². The Morgan fingerprint density at radius 3 is 3.12 bits per heavy atom. The van der Waals surface area contributed by atoms with Gasteiger partial charge in [0, 0.05) is 19.5 Å². The van der Waals surface area contributed by atoms with Crippen LogP contribution in [0.2, 0.25) is 0 Å². The fourth-order valence-electron chi connectivity index (χ4n) is 1.98. The highest BCUT2D eigenvalue weighted by atomic mass is 16.1. The largest absolute Gasteiger partial charge is 0.323 e. The van der Waals surface area contributed by atoms with Crippen molar-refractivity contribution in [3.05, 3.63) is 11.9 Å². The molecule has 2 heterocycles. The Kier molecular flexibility index (Phi) is 3.24. The molecule has 0 radical (unpaired) electrons. The van der Waals surface area contributed by atoms with Gasteiger partial charge < -0.3 is 10.6 Å². The number of rotatable bonds is 3. The molecule has 2 N–H and O–H groups in total. The second-order valence-corrected chi connectivity index (χ2v) is 4.31. The van der Waals surface area contributed by atoms with Gasteiger partial charge in [-0.05, 0) is 26.3 Å². The van der Waals surface area contributed by atoms with E-state index in [1.54, 1.807) is 10.9 Å². The third-order valence-corrected chi connectivity index (χ3v) is 3.10. The SMILES string of the molecule is Cc1c(NC(=O)CC2CCCN2)cnn1C. The minimum absolute atomic E-state index is 0.0653. The van der Waals surface area contributed by atoms with Crippen LogP contribution in [0.3, 0.4) is 0 Å². The quantitative estimate of drug-likeness (QED) is 0.795. The number of hydrogen-bond acceptors (Lipinski definition) is 3. The molecule has 88 valence electrons. The van der Waals surface area contributed by atoms with E-state index in [1.165, 1.54) is 6.42 Å². The van der Waals surface area contributed by atoms with Crippen LogP contribution >= 0.6 is 0 Å². The summed E-state index contributed by atoms with van der Waals surface area (Å²) in [6.07, 6.45) is 4.51. The topological polar surface area (TPSA) is 59.0 Å². The molecule has 0 aliphatic carbocycles. The van der Waals surface area contributed by atoms with Crippen molar-refractivity contribution < 1.29 is 4.79 Å². The van der Waals surface area contributed by atoms with Gasteiger partial charge in [-0.1, -0.05) is 0 Å². The average molecular weight is 222 g/mol. The van der Waals surface area contributed by atoms with E-state index in [4.69, 9.17) is 0 Å². The third kappa shape index (κ3) is 2.41. The lowest BCUT2D eigenvalue weighted by Crippen LogP contribution is -2.27. The van der Waals surface area contributed by atoms with E-state index in [9.17, 15) is 4.79 Å². The summed E-state index contributed by atoms with van der Waals surface area (Å²) in [5.74, 6) is 0.0653. The maximum Gasteiger partial charge on any atom is 0.226 e. The fraction of sp³-hybridized carbons (Fsp3) is 0.636. The van der Waals surface area contributed by atoms with E-state index >= 15 is 0 Å². The van der Waals surface area contributed by atoms with Gasteiger partial charge in [0.2, 0.25) is 5.91 Å². The molecule has 16 heavy (non-hydrogen) atoms. The molecule has 1 atom stereocenters. The molecule has 0 spiro atoms. The number of nitrogens with one attached hydrogen (secondary N) is 2. The monoisotopic (exact) mass is 222 g/mol. The van der Waals surface area contributed by atoms with Crippen LogP contribution in [-0.4, -0.2) is 28.3 Å². The van der Waals surface area contributed by atoms with Crippen LogP contribution in [0.1, 0.15) is 25.0 Å². The average Bonchev–Trinajstić information content (AvgIpc) is 2.83. The van der Waals surface area contributed by atoms with Crippen molar-refractivity contribution in [3.63, 3.8) is 0 Å². The molecule has 1 aromatic heterocycles. The highest BCUT2D eigenvalue weighted by Crippen LogP contribution is 2.14. The molecular formula is C11H18N4O. The van der Waals surface area contributed by atoms with Gasteiger partial charge >= 0.3 is 0 Å². The molecule has 2 rings (SSSR count). The van der Waals surface area contributed by atoms with E-state index < -0.39 is 0 Å². The zero-order chi connectivity index (χ0) is 11.5. The van der Waals surface area contributed by atoms with Gasteiger partial charge in [-0.3, -0.25) is 9.48 Å². The van der Waals surface area contributed by atoms with Crippen molar-refractivity contribution in [2.75, 3.05) is 11.9 Å². The first-order valence-electron chi connectivity index (χ1n) is 5.68. The smallest absolute Gasteiger partial charge is 0.226 e. The molecule has 1 saturated heterocycles. The van der Waals surface area contributed by atoms with E-state index in [2.05, 4.69) is 15.7 Å². The van der Waals surface area contributed by atoms with Crippen molar-refractivity contribution in [1.29, 1.82) is 0 Å². The number of amides is 1. The van der Waals surface area contributed by atoms with E-state index in [0.717, 1.165) is 24.3 Å². The van der Waals surface area contributed by atoms with E-state index in [1.807, 2.05) is 14.0 Å². The predicted molar refractivity (Wildman–Crippen MR) is 62.2 cm³/mol. The number of carbonyl (C=O) groups excluding carboxylic acids is 1. The molecule has 1 aliphatic rings. The summed E-state index contributed by atoms with van der Waals surface area (Å²) in [5.41, 5.74) is 1.79. The summed E-state index contributed by atoms with van der Waals surface area (Å²) in [7, 11) is 1.86. The van der Waals surface area contributed by atoms with Gasteiger partial charge in [0.25, 0.3) is 0 Å². The minimum Gasteiger partial charge on any atom is -0.323 e. The van der Waals surface area contributed by atoms with Crippen LogP contribution in [0, 0.1) is 6.92 Å². The second-order valence-electron chi connectivity index (χ2n) is 4.31. The maximum atomic E-state index is 11.7. The molecule has 1 amide bonds. The standard InChI is InChI=1S/C11H18N4O/c1-8-10(7-13-15(8)2)14-11(16)6-9-4-3-5-12-9/h7,9,12H,3-6H2,1-2H3,(H,14,16). The van der Waals surface area contributed by atoms with Crippen molar-refractivity contribution in [2.24, 2.45) is 7.05 Å². The molecule has 1 fully saturated rings. The molecule has 1 unspecified atom stereocenters. The third-order valence-electron chi connectivity index (χ3n) is 3.10. The normalized spacial score (nSPS) is 20.0. The first kappa shape index (κ1) is 11.1. The Balaban J connectivity index is 1.89. The van der Waals surface area contributed by atoms with Gasteiger partial charge in [0.1, 0.15) is 0 Å². The highest BCUT2D eigenvalue weighted by molar-refractivity contribution is 5.91. The number of anilines is 1. The highest BCUT2D eigenvalue weighted by Gasteiger charge is 2.18. The predicted octanol–water partition coefficient (Wildman–Crippen LogP) is 0.809. The van der Waals surface area contributed by atoms with Crippen molar-refractivity contribution in [3.8, 4) is 0 Å². The van der Waals surface area contributed by atoms with Crippen molar-refractivity contribution >= 4 is 11.6 Å². The summed E-state index contributed by atoms with van der Waals surface area (Å²) in [6.45, 7) is 2.97. The minimum atomic E-state index is 0.0653. The fourth-order valence-corrected chi connectivity index (χ4v) is 1.98. The van der Waals surface area contributed by atoms with Gasteiger partial charge in [0.15, 0.2) is 0 Å². The van der Waals surface area contributed by atoms with Crippen molar-refractivity contribution in [2.45, 2.75) is 32.2 Å². The lowest BCUT2D eigenvalue weighted by atomic mass is 10.1. The summed E-state index contributed by atoms with van der Waals surface area (Å²) in [4.78, 5) is 11.7. The molecule has 0 bridgehead atoms. The summed E-state index contributed by atoms with van der Waals surface area (Å²) < 4.78 is 1.75. The lowest BCUT2D eigenvalue weighted by Gasteiger charge is -2.09. The van der Waals surface area contributed by atoms with Crippen LogP contribution in [0.15, 0.2) is 6.20 Å². The van der Waals surface area contributed by atoms with Crippen LogP contribution in [0.25, 0.3) is 0 Å². The van der Waals surface area contributed by atoms with Crippen LogP contribution < -0.4 is 10.6 Å². The number of hydrogen-bond donors (Lipinski definition) is 2. The number of aryl methyl sites for hydroxylation is 1. The molecule has 0 saturated carbocycles. The summed E-state index contributed by atoms with van der Waals surface area (Å²) in [5, 5.41) is 10.3. The maximum absolute atomic E-state index is 11.7. The first-order valence-corrected chi connectivity index (χ1v) is 5.68. The molecule has 5 nitrogen and oxygen atoms in total. The van der Waals surface area contributed by atoms with Crippen LogP contribution in [0.5, 0.6) is 0 Å². The Hall–Kier alpha value is -1.36. The molecule has 1 aromatic rings. The number of aromatic nitrogens is 2. The van der Waals surface area contributed by atoms with Crippen LogP contribution in [0.4, 0.5) is 5.69 Å². The molecular weight excluding hydrogens is 204 g/mol. The first-order chi connectivity index (χ1) is 7.66. The Morgan fingerprint density at radius 1 is 1.75 bits per heavy atom. The second kappa shape index (κ2) is 4.65. The molecule has 1 aliphatic heterocycles. The van der Waals surface area contributed by atoms with Crippen LogP contribution in [-0.2, 0) is 11.8 Å². The zero-order valence-electron chi connectivity index (χ0n) is 9.79. The summed E-state index contributed by atoms with van der Waals surface area (Å²) in [6, 6.07) is 0.344. The number of nitrogens with zero attached hydrogens (tertiary/aromatic N) is 2. The van der Waals surface area contributed by atoms with Gasteiger partial charge in [0.05, 0.1) is 17.6 Å². The van der Waals surface area contributed by atoms with E-state index in [-0.39, 0.29) is 5.91 Å². The zero-order valence-corrected chi connectivity index (χ0v) is 9.79. The Morgan fingerprint density at radius 2 is 2.56 bits per heavy atom. The Bertz CT molecular complexity index is 379. The van der Waals surface area contributed by atoms with Gasteiger partial charge in [-0.2, -0.15) is 5.10 Å². The molecule has 5 heteroatoms. The lowest BCUT2D eigenvalue weighted by molar-refractivity contribution is -0.116. The summed E-state index contributed by atoms with van der Waals surface area (Å²) >= 11 is 0.